The van der Waals surface area contributed by atoms with Crippen molar-refractivity contribution >= 4 is 86.6 Å². The molecule has 390 valence electrons. The van der Waals surface area contributed by atoms with Gasteiger partial charge in [-0.1, -0.05) is 87.6 Å². The Labute approximate surface area is 416 Å². The number of hydrogen-bond donors (Lipinski definition) is 11. The maximum absolute atomic E-state index is 14.6. The molecule has 0 unspecified atom stereocenters. The van der Waals surface area contributed by atoms with Crippen LogP contribution in [-0.2, 0) is 59.2 Å². The maximum Gasteiger partial charge on any atom is 0.246 e. The van der Waals surface area contributed by atoms with E-state index in [9.17, 15) is 57.8 Å². The Hall–Kier alpha value is -6.11. The second-order valence-corrected chi connectivity index (χ2v) is 20.1. The minimum Gasteiger partial charge on any atom is -0.508 e. The number of phenolic OH excluding ortho intramolecular Hbond substituents is 1. The smallest absolute Gasteiger partial charge is 0.246 e. The van der Waals surface area contributed by atoms with Crippen LogP contribution in [0.25, 0.3) is 0 Å². The summed E-state index contributed by atoms with van der Waals surface area (Å²) in [5, 5.41) is 27.8. The van der Waals surface area contributed by atoms with Crippen molar-refractivity contribution in [1.29, 1.82) is 0 Å². The molecule has 0 aromatic heterocycles. The highest BCUT2D eigenvalue weighted by molar-refractivity contribution is 8.76. The fourth-order valence-corrected chi connectivity index (χ4v) is 9.15. The molecule has 70 heavy (non-hydrogen) atoms. The summed E-state index contributed by atoms with van der Waals surface area (Å²) in [5.74, 6) is -9.74. The van der Waals surface area contributed by atoms with Gasteiger partial charge < -0.3 is 64.4 Å². The molecule has 7 atom stereocenters. The van der Waals surface area contributed by atoms with Gasteiger partial charge in [-0.2, -0.15) is 0 Å². The zero-order valence-electron chi connectivity index (χ0n) is 40.5. The minimum absolute atomic E-state index is 0.0264. The Balaban J connectivity index is 2.64. The van der Waals surface area contributed by atoms with Crippen LogP contribution in [0.15, 0.2) is 24.3 Å². The summed E-state index contributed by atoms with van der Waals surface area (Å²) in [6, 6.07) is -2.40. The largest absolute Gasteiger partial charge is 0.508 e. The molecule has 1 aromatic carbocycles. The summed E-state index contributed by atoms with van der Waals surface area (Å²) in [7, 11) is 2.23. The molecule has 1 aromatic rings. The Kier molecular flexibility index (Phi) is 26.7. The third-order valence-electron chi connectivity index (χ3n) is 11.0. The van der Waals surface area contributed by atoms with Crippen molar-refractivity contribution in [1.82, 2.24) is 42.1 Å². The van der Waals surface area contributed by atoms with Crippen LogP contribution in [0.2, 0.25) is 0 Å². The molecule has 1 aliphatic heterocycles. The molecule has 0 aliphatic carbocycles. The number of aromatic hydroxyl groups is 1. The first-order valence-electron chi connectivity index (χ1n) is 23.3. The highest BCUT2D eigenvalue weighted by Gasteiger charge is 2.36. The SMILES string of the molecule is CCCCCN(CC(=O)N[C@@H](CC(C)C)C(=O)NCC(N)=O)C(=O)[C@@H]1CSSCCC(=O)N[C@@H](Cc2ccc(O)cc2)C(=O)N[C@@H]([C@@H](C)CC)C(=O)N[C@@H](CCC(N)=O)C(=O)N[C@@H](CC(N)=O)C(=O)N1. The molecule has 14 N–H and O–H groups in total. The maximum atomic E-state index is 14.6. The molecule has 1 fully saturated rings. The predicted octanol–water partition coefficient (Wildman–Crippen LogP) is -1.52. The fraction of sp³-hybridized carbons (Fsp3) is 0.622. The van der Waals surface area contributed by atoms with Crippen LogP contribution in [0.4, 0.5) is 0 Å². The van der Waals surface area contributed by atoms with Gasteiger partial charge in [-0.15, -0.1) is 0 Å². The standard InChI is InChI=1S/C45H71N11O12S2/c1-6-8-9-17-56(23-38(62)51-30(19-25(3)4)40(63)49-22-36(48)60)45(68)33-24-70-69-18-16-37(61)50-31(20-27-10-12-28(57)13-11-27)43(66)55-39(26(5)7-2)44(67)52-29(14-15-34(46)58)41(64)53-32(21-35(47)59)42(65)54-33/h10-13,25-26,29-33,39,57H,6-9,14-24H2,1-5H3,(H2,46,58)(H2,47,59)(H2,48,60)(H,49,63)(H,50,61)(H,51,62)(H,52,67)(H,53,64)(H,54,65)(H,55,66)/t26-,29-,30-,31-,32-,33-,39-/m0/s1. The van der Waals surface area contributed by atoms with E-state index in [2.05, 4.69) is 37.2 Å². The number of nitrogens with one attached hydrogen (secondary N) is 7. The van der Waals surface area contributed by atoms with Gasteiger partial charge in [0.1, 0.15) is 42.0 Å². The third-order valence-corrected chi connectivity index (χ3v) is 13.4. The van der Waals surface area contributed by atoms with Crippen LogP contribution in [0, 0.1) is 11.8 Å². The summed E-state index contributed by atoms with van der Waals surface area (Å²) >= 11 is 0. The van der Waals surface area contributed by atoms with Gasteiger partial charge in [-0.3, -0.25) is 52.7 Å². The third kappa shape index (κ3) is 22.5. The molecule has 25 heteroatoms. The zero-order chi connectivity index (χ0) is 52.5. The van der Waals surface area contributed by atoms with E-state index in [0.29, 0.717) is 24.8 Å². The highest BCUT2D eigenvalue weighted by Crippen LogP contribution is 2.24. The molecule has 1 saturated heterocycles. The molecule has 2 rings (SSSR count). The number of hydrogen-bond acceptors (Lipinski definition) is 14. The van der Waals surface area contributed by atoms with Crippen molar-refractivity contribution in [3.05, 3.63) is 29.8 Å². The van der Waals surface area contributed by atoms with Gasteiger partial charge in [0.15, 0.2) is 0 Å². The van der Waals surface area contributed by atoms with Crippen molar-refractivity contribution in [2.45, 2.75) is 135 Å². The van der Waals surface area contributed by atoms with Gasteiger partial charge in [0.25, 0.3) is 0 Å². The number of nitrogens with two attached hydrogens (primary N) is 3. The molecule has 11 amide bonds. The van der Waals surface area contributed by atoms with E-state index in [1.165, 1.54) is 17.0 Å². The van der Waals surface area contributed by atoms with Gasteiger partial charge in [0.2, 0.25) is 65.0 Å². The number of unbranched alkanes of at least 4 members (excludes halogenated alkanes) is 2. The summed E-state index contributed by atoms with van der Waals surface area (Å²) in [4.78, 5) is 148. The Morgan fingerprint density at radius 1 is 0.786 bits per heavy atom. The van der Waals surface area contributed by atoms with Gasteiger partial charge >= 0.3 is 0 Å². The average Bonchev–Trinajstić information content (AvgIpc) is 3.29. The molecule has 1 heterocycles. The number of carbonyl (C=O) groups excluding carboxylic acids is 11. The first kappa shape index (κ1) is 60.0. The number of phenols is 1. The van der Waals surface area contributed by atoms with Crippen LogP contribution in [-0.4, -0.2) is 142 Å². The predicted molar refractivity (Wildman–Crippen MR) is 262 cm³/mol. The van der Waals surface area contributed by atoms with Crippen molar-refractivity contribution in [3.8, 4) is 5.75 Å². The first-order chi connectivity index (χ1) is 33.0. The summed E-state index contributed by atoms with van der Waals surface area (Å²) < 4.78 is 0. The van der Waals surface area contributed by atoms with Crippen LogP contribution < -0.4 is 54.4 Å². The lowest BCUT2D eigenvalue weighted by Gasteiger charge is -2.30. The van der Waals surface area contributed by atoms with Crippen LogP contribution >= 0.6 is 21.6 Å². The fourth-order valence-electron chi connectivity index (χ4n) is 7.01. The lowest BCUT2D eigenvalue weighted by Crippen LogP contribution is -2.61. The Morgan fingerprint density at radius 3 is 2.03 bits per heavy atom. The van der Waals surface area contributed by atoms with Crippen molar-refractivity contribution in [2.75, 3.05) is 31.1 Å². The van der Waals surface area contributed by atoms with E-state index >= 15 is 0 Å². The number of rotatable bonds is 22. The number of benzene rings is 1. The van der Waals surface area contributed by atoms with Gasteiger partial charge in [0, 0.05) is 37.3 Å². The van der Waals surface area contributed by atoms with E-state index in [1.54, 1.807) is 26.0 Å². The molecular formula is C45H71N11O12S2. The molecule has 0 spiro atoms. The van der Waals surface area contributed by atoms with Gasteiger partial charge in [-0.05, 0) is 48.8 Å². The number of carbonyl (C=O) groups is 11. The quantitative estimate of drug-likeness (QED) is 0.0465. The first-order valence-corrected chi connectivity index (χ1v) is 25.8. The average molecular weight is 1020 g/mol. The normalized spacial score (nSPS) is 20.8. The topological polar surface area (TPSA) is 374 Å². The summed E-state index contributed by atoms with van der Waals surface area (Å²) in [5.41, 5.74) is 16.7. The zero-order valence-corrected chi connectivity index (χ0v) is 42.1. The van der Waals surface area contributed by atoms with Crippen LogP contribution in [0.3, 0.4) is 0 Å². The summed E-state index contributed by atoms with van der Waals surface area (Å²) in [6.45, 7) is 7.99. The second kappa shape index (κ2) is 31.2. The van der Waals surface area contributed by atoms with E-state index in [-0.39, 0.29) is 55.4 Å². The van der Waals surface area contributed by atoms with Gasteiger partial charge in [0.05, 0.1) is 19.5 Å². The monoisotopic (exact) mass is 1020 g/mol. The lowest BCUT2D eigenvalue weighted by atomic mass is 9.96. The molecule has 0 bridgehead atoms. The van der Waals surface area contributed by atoms with Crippen LogP contribution in [0.1, 0.15) is 98.0 Å². The number of amides is 11. The summed E-state index contributed by atoms with van der Waals surface area (Å²) in [6.07, 6.45) is 0.600. The van der Waals surface area contributed by atoms with E-state index in [0.717, 1.165) is 28.0 Å². The van der Waals surface area contributed by atoms with E-state index in [1.807, 2.05) is 20.8 Å². The molecule has 23 nitrogen and oxygen atoms in total. The molecule has 1 aliphatic rings. The molecule has 0 radical (unpaired) electrons. The lowest BCUT2D eigenvalue weighted by molar-refractivity contribution is -0.140. The number of nitrogens with zero attached hydrogens (tertiary/aromatic N) is 1. The minimum atomic E-state index is -1.74. The van der Waals surface area contributed by atoms with Crippen molar-refractivity contribution in [2.24, 2.45) is 29.0 Å². The van der Waals surface area contributed by atoms with Crippen molar-refractivity contribution in [3.63, 3.8) is 0 Å². The Morgan fingerprint density at radius 2 is 1.43 bits per heavy atom. The van der Waals surface area contributed by atoms with E-state index < -0.39 is 133 Å². The number of primary amides is 3. The van der Waals surface area contributed by atoms with Crippen molar-refractivity contribution < 1.29 is 57.8 Å². The van der Waals surface area contributed by atoms with Gasteiger partial charge in [-0.25, -0.2) is 0 Å². The molecular weight excluding hydrogens is 951 g/mol. The second-order valence-electron chi connectivity index (χ2n) is 17.5. The molecule has 0 saturated carbocycles. The van der Waals surface area contributed by atoms with Crippen LogP contribution in [0.5, 0.6) is 5.75 Å². The Bertz CT molecular complexity index is 1990. The van der Waals surface area contributed by atoms with E-state index in [4.69, 9.17) is 17.2 Å². The highest BCUT2D eigenvalue weighted by atomic mass is 33.1.